The van der Waals surface area contributed by atoms with Gasteiger partial charge >= 0.3 is 0 Å². The van der Waals surface area contributed by atoms with Gasteiger partial charge in [0.1, 0.15) is 5.52 Å². The van der Waals surface area contributed by atoms with Crippen LogP contribution in [-0.2, 0) is 0 Å². The molecule has 6 aromatic heterocycles. The van der Waals surface area contributed by atoms with Crippen molar-refractivity contribution in [3.63, 3.8) is 0 Å². The fraction of sp³-hybridized carbons (Fsp3) is 0. The van der Waals surface area contributed by atoms with Crippen LogP contribution in [0.1, 0.15) is 0 Å². The second-order valence-corrected chi connectivity index (χ2v) is 17.3. The Morgan fingerprint density at radius 3 is 1.18 bits per heavy atom. The molecule has 67 heavy (non-hydrogen) atoms. The Bertz CT molecular complexity index is 4490. The van der Waals surface area contributed by atoms with E-state index in [2.05, 4.69) is 229 Å². The van der Waals surface area contributed by atoms with Gasteiger partial charge in [-0.2, -0.15) is 9.97 Å². The molecule has 15 aromatic rings. The van der Waals surface area contributed by atoms with Gasteiger partial charge in [-0.15, -0.1) is 0 Å². The van der Waals surface area contributed by atoms with Gasteiger partial charge in [0.2, 0.25) is 11.9 Å². The minimum Gasteiger partial charge on any atom is -0.309 e. The molecule has 0 atom stereocenters. The van der Waals surface area contributed by atoms with Crippen molar-refractivity contribution in [2.75, 3.05) is 0 Å². The maximum absolute atomic E-state index is 5.55. The van der Waals surface area contributed by atoms with Gasteiger partial charge in [-0.05, 0) is 72.8 Å². The fourth-order valence-corrected chi connectivity index (χ4v) is 11.1. The number of hydrogen-bond acceptors (Lipinski definition) is 3. The maximum Gasteiger partial charge on any atom is 0.236 e. The van der Waals surface area contributed by atoms with Gasteiger partial charge in [-0.1, -0.05) is 140 Å². The van der Waals surface area contributed by atoms with Gasteiger partial charge in [0.15, 0.2) is 5.65 Å². The van der Waals surface area contributed by atoms with Gasteiger partial charge in [0, 0.05) is 60.2 Å². The monoisotopic (exact) mass is 856 g/mol. The van der Waals surface area contributed by atoms with E-state index in [0.717, 1.165) is 88.7 Å². The molecule has 0 aliphatic rings. The summed E-state index contributed by atoms with van der Waals surface area (Å²) in [5, 5.41) is 9.42. The second-order valence-electron chi connectivity index (χ2n) is 17.3. The zero-order chi connectivity index (χ0) is 43.7. The van der Waals surface area contributed by atoms with Crippen LogP contribution in [0.5, 0.6) is 0 Å². The molecule has 15 rings (SSSR count). The molecule has 8 nitrogen and oxygen atoms in total. The van der Waals surface area contributed by atoms with Crippen molar-refractivity contribution in [3.05, 3.63) is 219 Å². The van der Waals surface area contributed by atoms with E-state index < -0.39 is 0 Å². The van der Waals surface area contributed by atoms with Crippen LogP contribution in [0.2, 0.25) is 0 Å². The van der Waals surface area contributed by atoms with E-state index in [1.54, 1.807) is 0 Å². The molecule has 0 saturated carbocycles. The summed E-state index contributed by atoms with van der Waals surface area (Å²) in [6, 6.07) is 75.5. The first kappa shape index (κ1) is 36.1. The zero-order valence-corrected chi connectivity index (χ0v) is 35.9. The summed E-state index contributed by atoms with van der Waals surface area (Å²) in [7, 11) is 0. The Balaban J connectivity index is 1.03. The van der Waals surface area contributed by atoms with Crippen molar-refractivity contribution in [2.45, 2.75) is 0 Å². The van der Waals surface area contributed by atoms with Crippen LogP contribution in [0.3, 0.4) is 0 Å². The first-order valence-electron chi connectivity index (χ1n) is 22.6. The van der Waals surface area contributed by atoms with Gasteiger partial charge in [0.25, 0.3) is 0 Å². The molecule has 0 bridgehead atoms. The van der Waals surface area contributed by atoms with Crippen LogP contribution in [0, 0.1) is 0 Å². The lowest BCUT2D eigenvalue weighted by atomic mass is 10.1. The number of nitrogens with zero attached hydrogens (tertiary/aromatic N) is 8. The molecule has 0 fully saturated rings. The summed E-state index contributed by atoms with van der Waals surface area (Å²) in [5.41, 5.74) is 13.4. The smallest absolute Gasteiger partial charge is 0.236 e. The third kappa shape index (κ3) is 4.93. The average molecular weight is 857 g/mol. The molecule has 6 heterocycles. The van der Waals surface area contributed by atoms with Gasteiger partial charge in [0.05, 0.1) is 50.3 Å². The molecule has 312 valence electrons. The van der Waals surface area contributed by atoms with Crippen LogP contribution >= 0.6 is 0 Å². The zero-order valence-electron chi connectivity index (χ0n) is 35.9. The van der Waals surface area contributed by atoms with Gasteiger partial charge in [-0.25, -0.2) is 4.98 Å². The molecule has 0 unspecified atom stereocenters. The number of imidazole rings is 1. The van der Waals surface area contributed by atoms with E-state index in [9.17, 15) is 0 Å². The van der Waals surface area contributed by atoms with Crippen molar-refractivity contribution in [1.82, 2.24) is 37.8 Å². The lowest BCUT2D eigenvalue weighted by molar-refractivity contribution is 0.954. The number of para-hydroxylation sites is 7. The largest absolute Gasteiger partial charge is 0.309 e. The summed E-state index contributed by atoms with van der Waals surface area (Å²) in [4.78, 5) is 16.2. The Morgan fingerprint density at radius 2 is 0.672 bits per heavy atom. The number of rotatable bonds is 5. The lowest BCUT2D eigenvalue weighted by Gasteiger charge is -2.12. The van der Waals surface area contributed by atoms with Crippen LogP contribution in [0.4, 0.5) is 0 Å². The SMILES string of the molecule is c1ccc(-n2c(-n3c4ccccc4c4c3ccc3c5ccccc5n(-c5ccccc5)c34)nc3nc(-n4c5ccccc5c5c4ccc4c6ccccc6n(-c6ccccc6)c45)ncc32)cc1. The average Bonchev–Trinajstić information content (AvgIpc) is 4.19. The highest BCUT2D eigenvalue weighted by atomic mass is 15.3. The number of aromatic nitrogens is 8. The third-order valence-electron chi connectivity index (χ3n) is 13.8. The summed E-state index contributed by atoms with van der Waals surface area (Å²) in [6.45, 7) is 0. The lowest BCUT2D eigenvalue weighted by Crippen LogP contribution is -2.05. The number of benzene rings is 9. The molecular formula is C59H36N8. The predicted molar refractivity (Wildman–Crippen MR) is 274 cm³/mol. The first-order valence-corrected chi connectivity index (χ1v) is 22.6. The van der Waals surface area contributed by atoms with Crippen LogP contribution in [-0.4, -0.2) is 37.8 Å². The molecule has 0 saturated heterocycles. The second kappa shape index (κ2) is 13.6. The molecule has 0 N–H and O–H groups in total. The summed E-state index contributed by atoms with van der Waals surface area (Å²) in [5.74, 6) is 1.29. The highest BCUT2D eigenvalue weighted by Crippen LogP contribution is 2.44. The maximum atomic E-state index is 5.55. The molecule has 0 amide bonds. The van der Waals surface area contributed by atoms with E-state index in [0.29, 0.717) is 11.6 Å². The van der Waals surface area contributed by atoms with Crippen LogP contribution in [0.15, 0.2) is 219 Å². The Labute approximate surface area is 382 Å². The molecule has 0 aliphatic carbocycles. The molecule has 8 heteroatoms. The van der Waals surface area contributed by atoms with Crippen LogP contribution in [0.25, 0.3) is 127 Å². The van der Waals surface area contributed by atoms with Crippen molar-refractivity contribution in [3.8, 4) is 29.0 Å². The molecular weight excluding hydrogens is 821 g/mol. The van der Waals surface area contributed by atoms with E-state index in [1.807, 2.05) is 12.3 Å². The third-order valence-corrected chi connectivity index (χ3v) is 13.8. The van der Waals surface area contributed by atoms with Crippen molar-refractivity contribution < 1.29 is 0 Å². The predicted octanol–water partition coefficient (Wildman–Crippen LogP) is 14.2. The Hall–Kier alpha value is -9.27. The van der Waals surface area contributed by atoms with E-state index >= 15 is 0 Å². The minimum atomic E-state index is 0.556. The molecule has 0 radical (unpaired) electrons. The van der Waals surface area contributed by atoms with Crippen molar-refractivity contribution in [1.29, 1.82) is 0 Å². The summed E-state index contributed by atoms with van der Waals surface area (Å²) >= 11 is 0. The van der Waals surface area contributed by atoms with E-state index in [-0.39, 0.29) is 0 Å². The summed E-state index contributed by atoms with van der Waals surface area (Å²) < 4.78 is 11.5. The summed E-state index contributed by atoms with van der Waals surface area (Å²) in [6.07, 6.45) is 1.95. The van der Waals surface area contributed by atoms with E-state index in [4.69, 9.17) is 15.0 Å². The van der Waals surface area contributed by atoms with E-state index in [1.165, 1.54) is 27.1 Å². The Morgan fingerprint density at radius 1 is 0.269 bits per heavy atom. The fourth-order valence-electron chi connectivity index (χ4n) is 11.1. The normalized spacial score (nSPS) is 12.2. The number of fused-ring (bicyclic) bond motifs is 15. The number of hydrogen-bond donors (Lipinski definition) is 0. The highest BCUT2D eigenvalue weighted by molar-refractivity contribution is 6.27. The molecule has 9 aromatic carbocycles. The molecule has 0 spiro atoms. The van der Waals surface area contributed by atoms with Crippen molar-refractivity contribution in [2.24, 2.45) is 0 Å². The molecule has 0 aliphatic heterocycles. The topological polar surface area (TPSA) is 63.3 Å². The van der Waals surface area contributed by atoms with Crippen molar-refractivity contribution >= 4 is 98.4 Å². The quantitative estimate of drug-likeness (QED) is 0.173. The highest BCUT2D eigenvalue weighted by Gasteiger charge is 2.26. The standard InChI is InChI=1S/C59H36N8/c1-4-18-37(19-5-1)63-46-28-14-10-24-40(46)42-32-34-50-53(55(42)63)44-26-12-16-30-48(44)66(50)58-60-36-52-57(61-58)62-59(65(52)39-22-8-3-9-23-39)67-49-31-17-13-27-45(49)54-51(67)35-33-43-41-25-11-15-29-47(41)64(56(43)54)38-20-6-2-7-21-38/h1-36H. The van der Waals surface area contributed by atoms with Gasteiger partial charge < -0.3 is 9.13 Å². The van der Waals surface area contributed by atoms with Crippen LogP contribution < -0.4 is 0 Å². The minimum absolute atomic E-state index is 0.556. The first-order chi connectivity index (χ1) is 33.3. The Kier molecular flexibility index (Phi) is 7.34. The van der Waals surface area contributed by atoms with Gasteiger partial charge in [-0.3, -0.25) is 13.7 Å².